The number of halogens is 1. The highest BCUT2D eigenvalue weighted by Gasteiger charge is 2.21. The van der Waals surface area contributed by atoms with Gasteiger partial charge in [0.05, 0.1) is 0 Å². The SMILES string of the molecule is Cc1oc2ccc(OCc3ccccc3)cc2c1C(=O)Oc1ccccc1/C=C/C(=O)c1ccc(Br)cc1. The third kappa shape index (κ3) is 5.76. The van der Waals surface area contributed by atoms with Gasteiger partial charge in [-0.25, -0.2) is 4.79 Å². The van der Waals surface area contributed by atoms with Gasteiger partial charge in [-0.15, -0.1) is 0 Å². The van der Waals surface area contributed by atoms with E-state index in [1.165, 1.54) is 6.08 Å². The highest BCUT2D eigenvalue weighted by atomic mass is 79.9. The number of aryl methyl sites for hydroxylation is 1. The van der Waals surface area contributed by atoms with Crippen LogP contribution in [0.4, 0.5) is 0 Å². The van der Waals surface area contributed by atoms with Crippen LogP contribution in [0, 0.1) is 6.92 Å². The van der Waals surface area contributed by atoms with Crippen LogP contribution in [-0.4, -0.2) is 11.8 Å². The number of esters is 1. The fourth-order valence-electron chi connectivity index (χ4n) is 4.02. The average Bonchev–Trinajstić information content (AvgIpc) is 3.27. The quantitative estimate of drug-likeness (QED) is 0.0819. The van der Waals surface area contributed by atoms with Crippen LogP contribution in [0.25, 0.3) is 17.0 Å². The fourth-order valence-corrected chi connectivity index (χ4v) is 4.29. The van der Waals surface area contributed by atoms with E-state index in [9.17, 15) is 9.59 Å². The van der Waals surface area contributed by atoms with Gasteiger partial charge in [0.15, 0.2) is 5.78 Å². The number of benzene rings is 4. The number of carbonyl (C=O) groups is 2. The van der Waals surface area contributed by atoms with Crippen LogP contribution < -0.4 is 9.47 Å². The lowest BCUT2D eigenvalue weighted by Gasteiger charge is -2.08. The number of ether oxygens (including phenoxy) is 2. The van der Waals surface area contributed by atoms with Crippen molar-refractivity contribution in [1.29, 1.82) is 0 Å². The molecule has 0 amide bonds. The Bertz CT molecular complexity index is 1630. The molecule has 0 spiro atoms. The van der Waals surface area contributed by atoms with Gasteiger partial charge in [0, 0.05) is 21.0 Å². The molecule has 0 aliphatic carbocycles. The van der Waals surface area contributed by atoms with Crippen LogP contribution >= 0.6 is 15.9 Å². The Balaban J connectivity index is 1.36. The van der Waals surface area contributed by atoms with Crippen molar-refractivity contribution in [2.24, 2.45) is 0 Å². The summed E-state index contributed by atoms with van der Waals surface area (Å²) < 4.78 is 18.5. The van der Waals surface area contributed by atoms with E-state index >= 15 is 0 Å². The molecule has 0 unspecified atom stereocenters. The first-order chi connectivity index (χ1) is 18.5. The van der Waals surface area contributed by atoms with E-state index in [4.69, 9.17) is 13.9 Å². The van der Waals surface area contributed by atoms with Crippen molar-refractivity contribution in [1.82, 2.24) is 0 Å². The largest absolute Gasteiger partial charge is 0.489 e. The molecule has 0 saturated heterocycles. The number of ketones is 1. The van der Waals surface area contributed by atoms with E-state index in [2.05, 4.69) is 15.9 Å². The minimum Gasteiger partial charge on any atom is -0.489 e. The fraction of sp³-hybridized carbons (Fsp3) is 0.0625. The predicted octanol–water partition coefficient (Wildman–Crippen LogP) is 8.20. The minimum absolute atomic E-state index is 0.154. The Morgan fingerprint density at radius 1 is 0.895 bits per heavy atom. The van der Waals surface area contributed by atoms with Crippen LogP contribution in [0.1, 0.15) is 37.6 Å². The number of hydrogen-bond donors (Lipinski definition) is 0. The molecule has 1 heterocycles. The highest BCUT2D eigenvalue weighted by molar-refractivity contribution is 9.10. The number of allylic oxidation sites excluding steroid dienone is 1. The summed E-state index contributed by atoms with van der Waals surface area (Å²) in [6.45, 7) is 2.13. The number of hydrogen-bond acceptors (Lipinski definition) is 5. The molecule has 0 radical (unpaired) electrons. The van der Waals surface area contributed by atoms with Crippen LogP contribution in [-0.2, 0) is 6.61 Å². The molecule has 188 valence electrons. The normalized spacial score (nSPS) is 11.1. The zero-order chi connectivity index (χ0) is 26.5. The van der Waals surface area contributed by atoms with Crippen LogP contribution in [0.2, 0.25) is 0 Å². The van der Waals surface area contributed by atoms with Gasteiger partial charge in [0.2, 0.25) is 0 Å². The molecule has 5 rings (SSSR count). The monoisotopic (exact) mass is 566 g/mol. The molecule has 5 nitrogen and oxygen atoms in total. The zero-order valence-electron chi connectivity index (χ0n) is 20.5. The zero-order valence-corrected chi connectivity index (χ0v) is 22.1. The summed E-state index contributed by atoms with van der Waals surface area (Å²) in [6, 6.07) is 29.4. The maximum atomic E-state index is 13.3. The second-order valence-corrected chi connectivity index (χ2v) is 9.51. The van der Waals surface area contributed by atoms with Crippen LogP contribution in [0.15, 0.2) is 112 Å². The number of fused-ring (bicyclic) bond motifs is 1. The van der Waals surface area contributed by atoms with Crippen molar-refractivity contribution in [2.45, 2.75) is 13.5 Å². The van der Waals surface area contributed by atoms with Crippen LogP contribution in [0.3, 0.4) is 0 Å². The Kier molecular flexibility index (Phi) is 7.52. The van der Waals surface area contributed by atoms with E-state index in [1.54, 1.807) is 55.5 Å². The van der Waals surface area contributed by atoms with E-state index < -0.39 is 5.97 Å². The van der Waals surface area contributed by atoms with Crippen molar-refractivity contribution >= 4 is 44.7 Å². The molecule has 0 bridgehead atoms. The van der Waals surface area contributed by atoms with Crippen molar-refractivity contribution in [3.63, 3.8) is 0 Å². The maximum absolute atomic E-state index is 13.3. The smallest absolute Gasteiger partial charge is 0.347 e. The minimum atomic E-state index is -0.554. The molecular weight excluding hydrogens is 544 g/mol. The third-order valence-electron chi connectivity index (χ3n) is 5.95. The first-order valence-electron chi connectivity index (χ1n) is 12.0. The van der Waals surface area contributed by atoms with Gasteiger partial charge in [-0.05, 0) is 73.2 Å². The topological polar surface area (TPSA) is 65.7 Å². The lowest BCUT2D eigenvalue weighted by molar-refractivity contribution is 0.0734. The third-order valence-corrected chi connectivity index (χ3v) is 6.48. The molecule has 0 aliphatic heterocycles. The maximum Gasteiger partial charge on any atom is 0.347 e. The molecule has 5 aromatic rings. The lowest BCUT2D eigenvalue weighted by Crippen LogP contribution is -2.10. The molecule has 0 aliphatic rings. The summed E-state index contributed by atoms with van der Waals surface area (Å²) in [5, 5.41) is 0.608. The molecule has 0 atom stereocenters. The van der Waals surface area contributed by atoms with E-state index in [1.807, 2.05) is 54.6 Å². The lowest BCUT2D eigenvalue weighted by atomic mass is 10.1. The molecular formula is C32H23BrO5. The average molecular weight is 567 g/mol. The first kappa shape index (κ1) is 25.2. The second kappa shape index (κ2) is 11.3. The van der Waals surface area contributed by atoms with Crippen molar-refractivity contribution in [2.75, 3.05) is 0 Å². The molecule has 4 aromatic carbocycles. The van der Waals surface area contributed by atoms with E-state index in [0.29, 0.717) is 51.5 Å². The van der Waals surface area contributed by atoms with Crippen molar-refractivity contribution in [3.8, 4) is 11.5 Å². The number of carbonyl (C=O) groups excluding carboxylic acids is 2. The van der Waals surface area contributed by atoms with Gasteiger partial charge in [-0.1, -0.05) is 64.5 Å². The van der Waals surface area contributed by atoms with Gasteiger partial charge in [-0.3, -0.25) is 4.79 Å². The van der Waals surface area contributed by atoms with Gasteiger partial charge in [0.1, 0.15) is 35.0 Å². The number of para-hydroxylation sites is 1. The second-order valence-electron chi connectivity index (χ2n) is 8.60. The number of rotatable bonds is 8. The van der Waals surface area contributed by atoms with Gasteiger partial charge < -0.3 is 13.9 Å². The standard InChI is InChI=1S/C32H23BrO5/c1-21-31(27-19-26(16-18-30(27)37-21)36-20-22-7-3-2-4-8-22)32(35)38-29-10-6-5-9-24(29)13-17-28(34)23-11-14-25(33)15-12-23/h2-19H,20H2,1H3/b17-13+. The van der Waals surface area contributed by atoms with E-state index in [-0.39, 0.29) is 5.78 Å². The van der Waals surface area contributed by atoms with Gasteiger partial charge in [-0.2, -0.15) is 0 Å². The summed E-state index contributed by atoms with van der Waals surface area (Å²) in [4.78, 5) is 25.9. The molecule has 1 aromatic heterocycles. The summed E-state index contributed by atoms with van der Waals surface area (Å²) >= 11 is 3.37. The molecule has 6 heteroatoms. The number of furan rings is 1. The molecule has 0 saturated carbocycles. The summed E-state index contributed by atoms with van der Waals surface area (Å²) in [5.74, 6) is 0.692. The predicted molar refractivity (Wildman–Crippen MR) is 151 cm³/mol. The Labute approximate surface area is 228 Å². The highest BCUT2D eigenvalue weighted by Crippen LogP contribution is 2.31. The molecule has 0 N–H and O–H groups in total. The Morgan fingerprint density at radius 2 is 1.63 bits per heavy atom. The first-order valence-corrected chi connectivity index (χ1v) is 12.8. The van der Waals surface area contributed by atoms with E-state index in [0.717, 1.165) is 10.0 Å². The van der Waals surface area contributed by atoms with Gasteiger partial charge >= 0.3 is 5.97 Å². The van der Waals surface area contributed by atoms with Crippen LogP contribution in [0.5, 0.6) is 11.5 Å². The summed E-state index contributed by atoms with van der Waals surface area (Å²) in [7, 11) is 0. The Hall–Kier alpha value is -4.42. The molecule has 38 heavy (non-hydrogen) atoms. The Morgan fingerprint density at radius 3 is 2.42 bits per heavy atom. The van der Waals surface area contributed by atoms with Crippen molar-refractivity contribution < 1.29 is 23.5 Å². The summed E-state index contributed by atoms with van der Waals surface area (Å²) in [6.07, 6.45) is 3.10. The molecule has 0 fully saturated rings. The summed E-state index contributed by atoms with van der Waals surface area (Å²) in [5.41, 5.74) is 3.09. The van der Waals surface area contributed by atoms with Crippen molar-refractivity contribution in [3.05, 3.63) is 136 Å². The van der Waals surface area contributed by atoms with Gasteiger partial charge in [0.25, 0.3) is 0 Å².